The number of piperazine rings is 1. The van der Waals surface area contributed by atoms with Crippen LogP contribution >= 0.6 is 0 Å². The molecule has 4 rings (SSSR count). The average molecular weight is 442 g/mol. The van der Waals surface area contributed by atoms with E-state index in [1.165, 1.54) is 0 Å². The van der Waals surface area contributed by atoms with Gasteiger partial charge in [-0.1, -0.05) is 13.8 Å². The van der Waals surface area contributed by atoms with Crippen LogP contribution in [-0.2, 0) is 16.0 Å². The van der Waals surface area contributed by atoms with E-state index in [1.54, 1.807) is 18.7 Å². The van der Waals surface area contributed by atoms with Gasteiger partial charge in [0.25, 0.3) is 0 Å². The molecule has 3 N–H and O–H groups in total. The van der Waals surface area contributed by atoms with Crippen molar-refractivity contribution in [2.45, 2.75) is 90.6 Å². The van der Waals surface area contributed by atoms with E-state index < -0.39 is 17.7 Å². The number of H-pyrrole nitrogens is 1. The molecule has 0 saturated carbocycles. The van der Waals surface area contributed by atoms with Gasteiger partial charge in [0.15, 0.2) is 0 Å². The predicted molar refractivity (Wildman–Crippen MR) is 123 cm³/mol. The molecule has 2 aliphatic rings. The second kappa shape index (κ2) is 8.10. The Morgan fingerprint density at radius 1 is 1.22 bits per heavy atom. The van der Waals surface area contributed by atoms with Crippen LogP contribution in [0.2, 0.25) is 0 Å². The fraction of sp³-hybridized carbons (Fsp3) is 0.600. The molecule has 0 aliphatic carbocycles. The van der Waals surface area contributed by atoms with Gasteiger partial charge in [-0.15, -0.1) is 0 Å². The molecule has 3 heterocycles. The fourth-order valence-electron chi connectivity index (χ4n) is 5.10. The van der Waals surface area contributed by atoms with Crippen LogP contribution in [0, 0.1) is 5.92 Å². The predicted octanol–water partition coefficient (Wildman–Crippen LogP) is 3.46. The van der Waals surface area contributed by atoms with Crippen molar-refractivity contribution < 1.29 is 19.4 Å². The minimum absolute atomic E-state index is 0.0775. The first-order chi connectivity index (χ1) is 14.9. The lowest BCUT2D eigenvalue weighted by Crippen LogP contribution is -2.66. The number of amides is 2. The van der Waals surface area contributed by atoms with Crippen LogP contribution in [-0.4, -0.2) is 50.6 Å². The summed E-state index contributed by atoms with van der Waals surface area (Å²) in [6.07, 6.45) is 1.49. The van der Waals surface area contributed by atoms with E-state index in [0.717, 1.165) is 34.3 Å². The number of carbonyl (C=O) groups excluding carboxylic acids is 2. The zero-order valence-electron chi connectivity index (χ0n) is 19.9. The number of ether oxygens (including phenoxy) is 1. The molecule has 7 nitrogen and oxygen atoms in total. The van der Waals surface area contributed by atoms with E-state index in [-0.39, 0.29) is 30.4 Å². The van der Waals surface area contributed by atoms with Crippen molar-refractivity contribution in [1.82, 2.24) is 15.2 Å². The van der Waals surface area contributed by atoms with Gasteiger partial charge in [0.05, 0.1) is 17.7 Å². The van der Waals surface area contributed by atoms with Gasteiger partial charge >= 0.3 is 0 Å². The topological polar surface area (TPSA) is 94.7 Å². The lowest BCUT2D eigenvalue weighted by molar-refractivity contribution is -0.155. The number of hydrogen-bond donors (Lipinski definition) is 3. The number of hydrogen-bond acceptors (Lipinski definition) is 4. The number of aromatic nitrogens is 1. The van der Waals surface area contributed by atoms with Crippen molar-refractivity contribution in [3.63, 3.8) is 0 Å². The molecule has 1 aromatic carbocycles. The number of nitrogens with zero attached hydrogens (tertiary/aromatic N) is 1. The SMILES string of the molecule is CC(C)CC1c2[nH]c3cc(OC(C)C)ccc3c2CC2C(=O)NC(CC(C)(C)O)C(=O)N21. The van der Waals surface area contributed by atoms with E-state index in [9.17, 15) is 14.7 Å². The highest BCUT2D eigenvalue weighted by molar-refractivity contribution is 5.99. The van der Waals surface area contributed by atoms with E-state index in [1.807, 2.05) is 32.0 Å². The molecule has 1 saturated heterocycles. The van der Waals surface area contributed by atoms with Gasteiger partial charge in [-0.3, -0.25) is 9.59 Å². The van der Waals surface area contributed by atoms with Crippen molar-refractivity contribution >= 4 is 22.7 Å². The highest BCUT2D eigenvalue weighted by Crippen LogP contribution is 2.42. The third kappa shape index (κ3) is 4.22. The number of fused-ring (bicyclic) bond motifs is 4. The van der Waals surface area contributed by atoms with Gasteiger partial charge in [-0.25, -0.2) is 0 Å². The Labute approximate surface area is 189 Å². The van der Waals surface area contributed by atoms with Crippen molar-refractivity contribution in [3.8, 4) is 5.75 Å². The Hall–Kier alpha value is -2.54. The van der Waals surface area contributed by atoms with Crippen LogP contribution in [0.3, 0.4) is 0 Å². The van der Waals surface area contributed by atoms with E-state index in [4.69, 9.17) is 4.74 Å². The maximum Gasteiger partial charge on any atom is 0.246 e. The lowest BCUT2D eigenvalue weighted by Gasteiger charge is -2.47. The van der Waals surface area contributed by atoms with Crippen molar-refractivity contribution in [1.29, 1.82) is 0 Å². The molecule has 0 radical (unpaired) electrons. The van der Waals surface area contributed by atoms with Gasteiger partial charge in [0, 0.05) is 35.5 Å². The number of carbonyl (C=O) groups is 2. The molecular weight excluding hydrogens is 406 g/mol. The Morgan fingerprint density at radius 3 is 2.56 bits per heavy atom. The second-order valence-corrected chi connectivity index (χ2v) is 10.6. The minimum atomic E-state index is -1.05. The summed E-state index contributed by atoms with van der Waals surface area (Å²) in [5, 5.41) is 14.2. The first kappa shape index (κ1) is 22.6. The number of aliphatic hydroxyl groups is 1. The Balaban J connectivity index is 1.78. The molecule has 3 atom stereocenters. The van der Waals surface area contributed by atoms with Crippen molar-refractivity contribution in [2.24, 2.45) is 5.92 Å². The van der Waals surface area contributed by atoms with Gasteiger partial charge < -0.3 is 25.0 Å². The van der Waals surface area contributed by atoms with E-state index in [2.05, 4.69) is 24.1 Å². The van der Waals surface area contributed by atoms with Gasteiger partial charge in [-0.2, -0.15) is 0 Å². The molecule has 1 aromatic heterocycles. The van der Waals surface area contributed by atoms with E-state index >= 15 is 0 Å². The second-order valence-electron chi connectivity index (χ2n) is 10.6. The zero-order chi connectivity index (χ0) is 23.4. The molecule has 2 amide bonds. The summed E-state index contributed by atoms with van der Waals surface area (Å²) in [7, 11) is 0. The molecule has 174 valence electrons. The monoisotopic (exact) mass is 441 g/mol. The van der Waals surface area contributed by atoms with Gasteiger partial charge in [0.1, 0.15) is 17.8 Å². The smallest absolute Gasteiger partial charge is 0.246 e. The Bertz CT molecular complexity index is 1030. The first-order valence-corrected chi connectivity index (χ1v) is 11.6. The zero-order valence-corrected chi connectivity index (χ0v) is 19.9. The largest absolute Gasteiger partial charge is 0.491 e. The maximum absolute atomic E-state index is 13.5. The molecule has 0 spiro atoms. The number of rotatable bonds is 6. The highest BCUT2D eigenvalue weighted by atomic mass is 16.5. The summed E-state index contributed by atoms with van der Waals surface area (Å²) >= 11 is 0. The van der Waals surface area contributed by atoms with Crippen LogP contribution in [0.5, 0.6) is 5.75 Å². The first-order valence-electron chi connectivity index (χ1n) is 11.6. The summed E-state index contributed by atoms with van der Waals surface area (Å²) < 4.78 is 5.86. The Kier molecular flexibility index (Phi) is 5.74. The number of benzene rings is 1. The number of nitrogens with one attached hydrogen (secondary N) is 2. The molecular formula is C25H35N3O4. The molecule has 0 bridgehead atoms. The van der Waals surface area contributed by atoms with Gasteiger partial charge in [0.2, 0.25) is 11.8 Å². The summed E-state index contributed by atoms with van der Waals surface area (Å²) in [4.78, 5) is 32.0. The van der Waals surface area contributed by atoms with Crippen LogP contribution < -0.4 is 10.1 Å². The van der Waals surface area contributed by atoms with E-state index in [0.29, 0.717) is 12.3 Å². The third-order valence-electron chi connectivity index (χ3n) is 6.25. The van der Waals surface area contributed by atoms with Crippen LogP contribution in [0.4, 0.5) is 0 Å². The number of aromatic amines is 1. The standard InChI is InChI=1S/C25H35N3O4/c1-13(2)9-20-22-17(16-8-7-15(32-14(3)4)10-18(16)26-22)11-21-23(29)27-19(12-25(5,6)31)24(30)28(20)21/h7-8,10,13-14,19-21,26,31H,9,11-12H2,1-6H3,(H,27,29). The fourth-order valence-corrected chi connectivity index (χ4v) is 5.10. The molecule has 2 aliphatic heterocycles. The minimum Gasteiger partial charge on any atom is -0.491 e. The van der Waals surface area contributed by atoms with Crippen LogP contribution in [0.25, 0.3) is 10.9 Å². The van der Waals surface area contributed by atoms with Crippen molar-refractivity contribution in [3.05, 3.63) is 29.5 Å². The third-order valence-corrected chi connectivity index (χ3v) is 6.25. The molecule has 32 heavy (non-hydrogen) atoms. The van der Waals surface area contributed by atoms with Gasteiger partial charge in [-0.05, 0) is 57.7 Å². The lowest BCUT2D eigenvalue weighted by atomic mass is 9.84. The molecule has 7 heteroatoms. The quantitative estimate of drug-likeness (QED) is 0.640. The summed E-state index contributed by atoms with van der Waals surface area (Å²) in [6.45, 7) is 11.6. The summed E-state index contributed by atoms with van der Waals surface area (Å²) in [5.74, 6) is 0.870. The molecule has 2 aromatic rings. The maximum atomic E-state index is 13.5. The normalized spacial score (nSPS) is 23.5. The summed E-state index contributed by atoms with van der Waals surface area (Å²) in [5.41, 5.74) is 2.02. The van der Waals surface area contributed by atoms with Crippen LogP contribution in [0.15, 0.2) is 18.2 Å². The molecule has 3 unspecified atom stereocenters. The Morgan fingerprint density at radius 2 is 1.94 bits per heavy atom. The van der Waals surface area contributed by atoms with Crippen LogP contribution in [0.1, 0.15) is 71.7 Å². The summed E-state index contributed by atoms with van der Waals surface area (Å²) in [6, 6.07) is 4.54. The average Bonchev–Trinajstić information content (AvgIpc) is 3.01. The highest BCUT2D eigenvalue weighted by Gasteiger charge is 2.49. The molecule has 1 fully saturated rings. The van der Waals surface area contributed by atoms with Crippen molar-refractivity contribution in [2.75, 3.05) is 0 Å².